The van der Waals surface area contributed by atoms with Crippen LogP contribution < -0.4 is 10.6 Å². The van der Waals surface area contributed by atoms with Crippen molar-refractivity contribution in [2.75, 3.05) is 13.1 Å². The quantitative estimate of drug-likeness (QED) is 0.556. The zero-order chi connectivity index (χ0) is 22.8. The van der Waals surface area contributed by atoms with E-state index in [9.17, 15) is 14.4 Å². The van der Waals surface area contributed by atoms with Crippen molar-refractivity contribution >= 4 is 18.2 Å². The molecule has 0 radical (unpaired) electrons. The van der Waals surface area contributed by atoms with E-state index in [4.69, 9.17) is 0 Å². The SMILES string of the molecule is CC(C)C[C@@H](C=O)NC(=O)[C@H](CC(C)C)NC(=O)N1CCC(Cc2ccccc2)CC1. The number of amides is 3. The Morgan fingerprint density at radius 3 is 2.16 bits per heavy atom. The molecule has 2 N–H and O–H groups in total. The van der Waals surface area contributed by atoms with Crippen molar-refractivity contribution in [1.29, 1.82) is 0 Å². The van der Waals surface area contributed by atoms with Crippen molar-refractivity contribution in [2.24, 2.45) is 17.8 Å². The van der Waals surface area contributed by atoms with Gasteiger partial charge in [-0.25, -0.2) is 4.79 Å². The van der Waals surface area contributed by atoms with E-state index in [2.05, 4.69) is 34.9 Å². The van der Waals surface area contributed by atoms with Gasteiger partial charge in [0, 0.05) is 13.1 Å². The third-order valence-electron chi connectivity index (χ3n) is 5.81. The second-order valence-electron chi connectivity index (χ2n) is 9.63. The molecule has 6 heteroatoms. The lowest BCUT2D eigenvalue weighted by Gasteiger charge is -2.33. The first kappa shape index (κ1) is 24.9. The van der Waals surface area contributed by atoms with Gasteiger partial charge in [0.1, 0.15) is 12.3 Å². The number of aldehydes is 1. The number of piperidine rings is 1. The summed E-state index contributed by atoms with van der Waals surface area (Å²) in [6, 6.07) is 9.12. The molecule has 1 saturated heterocycles. The second-order valence-corrected chi connectivity index (χ2v) is 9.63. The Morgan fingerprint density at radius 2 is 1.61 bits per heavy atom. The highest BCUT2D eigenvalue weighted by molar-refractivity contribution is 5.88. The third kappa shape index (κ3) is 8.72. The molecule has 2 atom stereocenters. The fourth-order valence-electron chi connectivity index (χ4n) is 4.17. The Bertz CT molecular complexity index is 697. The Morgan fingerprint density at radius 1 is 1.00 bits per heavy atom. The van der Waals surface area contributed by atoms with Gasteiger partial charge >= 0.3 is 6.03 Å². The lowest BCUT2D eigenvalue weighted by Crippen LogP contribution is -2.54. The van der Waals surface area contributed by atoms with Gasteiger partial charge in [-0.3, -0.25) is 4.79 Å². The average molecular weight is 430 g/mol. The molecule has 172 valence electrons. The fourth-order valence-corrected chi connectivity index (χ4v) is 4.17. The summed E-state index contributed by atoms with van der Waals surface area (Å²) in [6.07, 6.45) is 4.87. The zero-order valence-electron chi connectivity index (χ0n) is 19.5. The van der Waals surface area contributed by atoms with Crippen molar-refractivity contribution in [3.8, 4) is 0 Å². The first-order valence-corrected chi connectivity index (χ1v) is 11.6. The topological polar surface area (TPSA) is 78.5 Å². The number of nitrogens with one attached hydrogen (secondary N) is 2. The summed E-state index contributed by atoms with van der Waals surface area (Å²) >= 11 is 0. The van der Waals surface area contributed by atoms with Crippen molar-refractivity contribution in [2.45, 2.75) is 71.9 Å². The Balaban J connectivity index is 1.88. The van der Waals surface area contributed by atoms with Crippen LogP contribution in [0.4, 0.5) is 4.79 Å². The lowest BCUT2D eigenvalue weighted by molar-refractivity contribution is -0.126. The minimum atomic E-state index is -0.635. The number of rotatable bonds is 10. The summed E-state index contributed by atoms with van der Waals surface area (Å²) in [5.41, 5.74) is 1.34. The number of carbonyl (C=O) groups is 3. The van der Waals surface area contributed by atoms with Crippen molar-refractivity contribution in [3.05, 3.63) is 35.9 Å². The van der Waals surface area contributed by atoms with Crippen LogP contribution in [0, 0.1) is 17.8 Å². The molecule has 0 aliphatic carbocycles. The summed E-state index contributed by atoms with van der Waals surface area (Å²) in [5, 5.41) is 5.73. The molecule has 1 aliphatic rings. The Kier molecular flexibility index (Phi) is 10.0. The summed E-state index contributed by atoms with van der Waals surface area (Å²) in [6.45, 7) is 9.46. The highest BCUT2D eigenvalue weighted by atomic mass is 16.2. The molecule has 2 rings (SSSR count). The molecule has 0 saturated carbocycles. The van der Waals surface area contributed by atoms with E-state index in [-0.39, 0.29) is 17.9 Å². The Hall–Kier alpha value is -2.37. The number of benzene rings is 1. The zero-order valence-corrected chi connectivity index (χ0v) is 19.5. The number of hydrogen-bond acceptors (Lipinski definition) is 3. The first-order chi connectivity index (χ1) is 14.8. The minimum Gasteiger partial charge on any atom is -0.345 e. The Labute approximate surface area is 187 Å². The molecule has 1 aromatic rings. The number of likely N-dealkylation sites (tertiary alicyclic amines) is 1. The summed E-state index contributed by atoms with van der Waals surface area (Å²) in [5.74, 6) is 0.836. The van der Waals surface area contributed by atoms with Crippen molar-refractivity contribution < 1.29 is 14.4 Å². The first-order valence-electron chi connectivity index (χ1n) is 11.6. The minimum absolute atomic E-state index is 0.189. The molecule has 0 bridgehead atoms. The predicted molar refractivity (Wildman–Crippen MR) is 124 cm³/mol. The van der Waals surface area contributed by atoms with E-state index >= 15 is 0 Å². The highest BCUT2D eigenvalue weighted by Gasteiger charge is 2.28. The summed E-state index contributed by atoms with van der Waals surface area (Å²) in [7, 11) is 0. The van der Waals surface area contributed by atoms with E-state index in [1.54, 1.807) is 0 Å². The molecule has 0 unspecified atom stereocenters. The molecule has 6 nitrogen and oxygen atoms in total. The fraction of sp³-hybridized carbons (Fsp3) is 0.640. The summed E-state index contributed by atoms with van der Waals surface area (Å²) < 4.78 is 0. The van der Waals surface area contributed by atoms with Gasteiger partial charge in [-0.2, -0.15) is 0 Å². The predicted octanol–water partition coefficient (Wildman–Crippen LogP) is 3.80. The number of hydrogen-bond donors (Lipinski definition) is 2. The third-order valence-corrected chi connectivity index (χ3v) is 5.81. The monoisotopic (exact) mass is 429 g/mol. The van der Waals surface area contributed by atoms with Gasteiger partial charge in [-0.05, 0) is 55.4 Å². The van der Waals surface area contributed by atoms with Gasteiger partial charge in [0.25, 0.3) is 0 Å². The molecule has 1 aliphatic heterocycles. The molecule has 0 spiro atoms. The number of nitrogens with zero attached hydrogens (tertiary/aromatic N) is 1. The molecular weight excluding hydrogens is 390 g/mol. The van der Waals surface area contributed by atoms with Crippen LogP contribution in [0.1, 0.15) is 58.9 Å². The van der Waals surface area contributed by atoms with Crippen LogP contribution in [-0.2, 0) is 16.0 Å². The van der Waals surface area contributed by atoms with Crippen LogP contribution in [0.2, 0.25) is 0 Å². The normalized spacial score (nSPS) is 16.8. The van der Waals surface area contributed by atoms with Crippen LogP contribution in [-0.4, -0.2) is 48.3 Å². The maximum absolute atomic E-state index is 12.9. The molecule has 0 aromatic heterocycles. The van der Waals surface area contributed by atoms with Gasteiger partial charge in [-0.15, -0.1) is 0 Å². The second kappa shape index (κ2) is 12.5. The maximum atomic E-state index is 12.9. The van der Waals surface area contributed by atoms with Crippen LogP contribution in [0.3, 0.4) is 0 Å². The van der Waals surface area contributed by atoms with Gasteiger partial charge in [0.15, 0.2) is 0 Å². The van der Waals surface area contributed by atoms with Gasteiger partial charge in [0.2, 0.25) is 5.91 Å². The number of urea groups is 1. The van der Waals surface area contributed by atoms with E-state index in [0.29, 0.717) is 37.8 Å². The maximum Gasteiger partial charge on any atom is 0.318 e. The van der Waals surface area contributed by atoms with Gasteiger partial charge in [-0.1, -0.05) is 58.0 Å². The largest absolute Gasteiger partial charge is 0.345 e. The van der Waals surface area contributed by atoms with Crippen LogP contribution in [0.15, 0.2) is 30.3 Å². The molecule has 1 aromatic carbocycles. The molecule has 1 fully saturated rings. The van der Waals surface area contributed by atoms with Crippen LogP contribution in [0.5, 0.6) is 0 Å². The van der Waals surface area contributed by atoms with E-state index in [1.807, 2.05) is 38.7 Å². The highest BCUT2D eigenvalue weighted by Crippen LogP contribution is 2.22. The lowest BCUT2D eigenvalue weighted by atomic mass is 9.90. The van der Waals surface area contributed by atoms with Crippen LogP contribution >= 0.6 is 0 Å². The average Bonchev–Trinajstić information content (AvgIpc) is 2.73. The van der Waals surface area contributed by atoms with E-state index in [0.717, 1.165) is 25.5 Å². The molecule has 3 amide bonds. The van der Waals surface area contributed by atoms with Gasteiger partial charge in [0.05, 0.1) is 6.04 Å². The molecular formula is C25H39N3O3. The number of carbonyl (C=O) groups excluding carboxylic acids is 3. The summed E-state index contributed by atoms with van der Waals surface area (Å²) in [4.78, 5) is 38.8. The van der Waals surface area contributed by atoms with Crippen molar-refractivity contribution in [3.63, 3.8) is 0 Å². The van der Waals surface area contributed by atoms with Gasteiger partial charge < -0.3 is 20.3 Å². The smallest absolute Gasteiger partial charge is 0.318 e. The molecule has 1 heterocycles. The van der Waals surface area contributed by atoms with E-state index in [1.165, 1.54) is 5.56 Å². The van der Waals surface area contributed by atoms with E-state index < -0.39 is 12.1 Å². The van der Waals surface area contributed by atoms with Crippen molar-refractivity contribution in [1.82, 2.24) is 15.5 Å². The van der Waals surface area contributed by atoms with Crippen LogP contribution in [0.25, 0.3) is 0 Å². The standard InChI is InChI=1S/C25H39N3O3/c1-18(2)14-22(17-29)26-24(30)23(15-19(3)4)27-25(31)28-12-10-21(11-13-28)16-20-8-6-5-7-9-20/h5-9,17-19,21-23H,10-16H2,1-4H3,(H,26,30)(H,27,31)/t22-,23-/m0/s1. The molecule has 31 heavy (non-hydrogen) atoms.